The van der Waals surface area contributed by atoms with Gasteiger partial charge in [0.05, 0.1) is 12.3 Å². The largest absolute Gasteiger partial charge is 0.393 e. The van der Waals surface area contributed by atoms with Crippen LogP contribution in [0.5, 0.6) is 0 Å². The Morgan fingerprint density at radius 3 is 2.91 bits per heavy atom. The minimum Gasteiger partial charge on any atom is -0.393 e. The molecule has 1 saturated carbocycles. The fourth-order valence-corrected chi connectivity index (χ4v) is 3.01. The normalized spacial score (nSPS) is 21.1. The first-order valence-corrected chi connectivity index (χ1v) is 8.06. The molecule has 3 aromatic heterocycles. The van der Waals surface area contributed by atoms with Crippen molar-refractivity contribution in [2.45, 2.75) is 44.8 Å². The topological polar surface area (TPSA) is 91.7 Å². The van der Waals surface area contributed by atoms with Crippen LogP contribution in [0.1, 0.15) is 31.7 Å². The first kappa shape index (κ1) is 14.2. The number of nitrogens with one attached hydrogen (secondary N) is 2. The number of nitrogens with zero attached hydrogens (tertiary/aromatic N) is 4. The van der Waals surface area contributed by atoms with Gasteiger partial charge in [-0.15, -0.1) is 0 Å². The second-order valence-corrected chi connectivity index (χ2v) is 6.06. The monoisotopic (exact) mass is 312 g/mol. The van der Waals surface area contributed by atoms with Crippen LogP contribution in [-0.4, -0.2) is 42.0 Å². The molecule has 0 aromatic carbocycles. The maximum Gasteiger partial charge on any atom is 0.225 e. The van der Waals surface area contributed by atoms with Crippen LogP contribution in [0.3, 0.4) is 0 Å². The Morgan fingerprint density at radius 1 is 1.30 bits per heavy atom. The molecule has 7 heteroatoms. The highest BCUT2D eigenvalue weighted by Crippen LogP contribution is 2.23. The van der Waals surface area contributed by atoms with Crippen LogP contribution in [0.2, 0.25) is 0 Å². The third kappa shape index (κ3) is 2.68. The van der Waals surface area contributed by atoms with Gasteiger partial charge in [-0.25, -0.2) is 14.6 Å². The summed E-state index contributed by atoms with van der Waals surface area (Å²) in [5.41, 5.74) is 2.92. The summed E-state index contributed by atoms with van der Waals surface area (Å²) in [4.78, 5) is 13.4. The molecule has 0 radical (unpaired) electrons. The molecule has 120 valence electrons. The van der Waals surface area contributed by atoms with Gasteiger partial charge in [-0.3, -0.25) is 5.10 Å². The lowest BCUT2D eigenvalue weighted by Gasteiger charge is -2.17. The van der Waals surface area contributed by atoms with Crippen LogP contribution in [0.25, 0.3) is 17.0 Å². The molecule has 3 aromatic rings. The van der Waals surface area contributed by atoms with E-state index in [2.05, 4.69) is 38.4 Å². The summed E-state index contributed by atoms with van der Waals surface area (Å²) >= 11 is 0. The molecule has 1 fully saturated rings. The van der Waals surface area contributed by atoms with E-state index >= 15 is 0 Å². The van der Waals surface area contributed by atoms with Crippen LogP contribution in [-0.2, 0) is 6.42 Å². The molecule has 0 bridgehead atoms. The standard InChI is InChI=1S/C16H20N6O/c1-2-10-3-6-14(17-8-10)22-15-13(21-22)9-18-16(20-15)19-11-4-5-12(23)7-11/h3,6,8-9,11-12,21,23H,2,4-5,7H2,1H3,(H,18,19,20). The van der Waals surface area contributed by atoms with Gasteiger partial charge in [0.1, 0.15) is 5.52 Å². The lowest BCUT2D eigenvalue weighted by atomic mass is 10.2. The van der Waals surface area contributed by atoms with Crippen molar-refractivity contribution in [3.05, 3.63) is 30.1 Å². The Bertz CT molecular complexity index is 806. The van der Waals surface area contributed by atoms with E-state index in [1.54, 1.807) is 6.20 Å². The molecule has 0 aliphatic heterocycles. The summed E-state index contributed by atoms with van der Waals surface area (Å²) in [6.45, 7) is 2.11. The highest BCUT2D eigenvalue weighted by atomic mass is 16.3. The van der Waals surface area contributed by atoms with Crippen molar-refractivity contribution in [2.75, 3.05) is 5.32 Å². The van der Waals surface area contributed by atoms with Crippen molar-refractivity contribution in [3.8, 4) is 5.82 Å². The summed E-state index contributed by atoms with van der Waals surface area (Å²) in [7, 11) is 0. The Hall–Kier alpha value is -2.41. The number of aromatic amines is 1. The average molecular weight is 312 g/mol. The number of fused-ring (bicyclic) bond motifs is 1. The zero-order chi connectivity index (χ0) is 15.8. The fourth-order valence-electron chi connectivity index (χ4n) is 3.01. The minimum atomic E-state index is -0.210. The average Bonchev–Trinajstić information content (AvgIpc) is 2.96. The third-order valence-corrected chi connectivity index (χ3v) is 4.40. The summed E-state index contributed by atoms with van der Waals surface area (Å²) in [6, 6.07) is 4.30. The highest BCUT2D eigenvalue weighted by molar-refractivity contribution is 5.74. The molecule has 0 spiro atoms. The first-order chi connectivity index (χ1) is 11.2. The van der Waals surface area contributed by atoms with E-state index in [9.17, 15) is 5.11 Å². The molecule has 3 heterocycles. The lowest BCUT2D eigenvalue weighted by Crippen LogP contribution is -2.20. The smallest absolute Gasteiger partial charge is 0.225 e. The van der Waals surface area contributed by atoms with E-state index < -0.39 is 0 Å². The number of hydrogen-bond donors (Lipinski definition) is 3. The van der Waals surface area contributed by atoms with Crippen LogP contribution in [0, 0.1) is 0 Å². The SMILES string of the molecule is CCc1ccc(-n2[nH]c3cnc(NC4CCC(O)C4)nc32)nc1. The highest BCUT2D eigenvalue weighted by Gasteiger charge is 2.23. The van der Waals surface area contributed by atoms with E-state index in [0.717, 1.165) is 42.7 Å². The molecular formula is C16H20N6O. The van der Waals surface area contributed by atoms with Gasteiger partial charge < -0.3 is 10.4 Å². The van der Waals surface area contributed by atoms with Gasteiger partial charge in [-0.2, -0.15) is 4.98 Å². The van der Waals surface area contributed by atoms with Gasteiger partial charge in [0.2, 0.25) is 5.95 Å². The predicted molar refractivity (Wildman–Crippen MR) is 87.7 cm³/mol. The van der Waals surface area contributed by atoms with Crippen molar-refractivity contribution < 1.29 is 5.11 Å². The van der Waals surface area contributed by atoms with E-state index in [1.165, 1.54) is 5.56 Å². The molecule has 4 rings (SSSR count). The number of pyridine rings is 1. The lowest BCUT2D eigenvalue weighted by molar-refractivity contribution is 0.182. The van der Waals surface area contributed by atoms with Crippen molar-refractivity contribution >= 4 is 17.1 Å². The van der Waals surface area contributed by atoms with Crippen LogP contribution >= 0.6 is 0 Å². The molecular weight excluding hydrogens is 292 g/mol. The summed E-state index contributed by atoms with van der Waals surface area (Å²) < 4.78 is 1.85. The van der Waals surface area contributed by atoms with E-state index in [0.29, 0.717) is 5.95 Å². The summed E-state index contributed by atoms with van der Waals surface area (Å²) in [5.74, 6) is 1.41. The Morgan fingerprint density at radius 2 is 2.22 bits per heavy atom. The van der Waals surface area contributed by atoms with Gasteiger partial charge in [-0.05, 0) is 37.3 Å². The van der Waals surface area contributed by atoms with E-state index in [1.807, 2.05) is 16.9 Å². The molecule has 0 saturated heterocycles. The zero-order valence-electron chi connectivity index (χ0n) is 13.0. The summed E-state index contributed by atoms with van der Waals surface area (Å²) in [6.07, 6.45) is 6.96. The van der Waals surface area contributed by atoms with E-state index in [-0.39, 0.29) is 12.1 Å². The Kier molecular flexibility index (Phi) is 3.49. The maximum atomic E-state index is 9.61. The number of aromatic nitrogens is 5. The van der Waals surface area contributed by atoms with Gasteiger partial charge >= 0.3 is 0 Å². The van der Waals surface area contributed by atoms with E-state index in [4.69, 9.17) is 0 Å². The molecule has 3 N–H and O–H groups in total. The Labute approximate surface area is 133 Å². The number of hydrogen-bond acceptors (Lipinski definition) is 5. The fraction of sp³-hybridized carbons (Fsp3) is 0.438. The molecule has 7 nitrogen and oxygen atoms in total. The molecule has 0 amide bonds. The Balaban J connectivity index is 1.58. The van der Waals surface area contributed by atoms with Gasteiger partial charge in [0.15, 0.2) is 11.5 Å². The van der Waals surface area contributed by atoms with Gasteiger partial charge in [0.25, 0.3) is 0 Å². The molecule has 23 heavy (non-hydrogen) atoms. The number of anilines is 1. The van der Waals surface area contributed by atoms with Crippen molar-refractivity contribution in [1.29, 1.82) is 0 Å². The minimum absolute atomic E-state index is 0.210. The van der Waals surface area contributed by atoms with Crippen LogP contribution in [0.4, 0.5) is 5.95 Å². The van der Waals surface area contributed by atoms with Crippen molar-refractivity contribution in [1.82, 2.24) is 24.7 Å². The third-order valence-electron chi connectivity index (χ3n) is 4.40. The van der Waals surface area contributed by atoms with Gasteiger partial charge in [0, 0.05) is 12.2 Å². The second-order valence-electron chi connectivity index (χ2n) is 6.06. The quantitative estimate of drug-likeness (QED) is 0.685. The molecule has 2 atom stereocenters. The van der Waals surface area contributed by atoms with Crippen LogP contribution in [0.15, 0.2) is 24.5 Å². The molecule has 1 aliphatic rings. The maximum absolute atomic E-state index is 9.61. The number of aryl methyl sites for hydroxylation is 1. The van der Waals surface area contributed by atoms with Crippen molar-refractivity contribution in [2.24, 2.45) is 0 Å². The van der Waals surface area contributed by atoms with Crippen molar-refractivity contribution in [3.63, 3.8) is 0 Å². The number of rotatable bonds is 4. The zero-order valence-corrected chi connectivity index (χ0v) is 13.0. The molecule has 2 unspecified atom stereocenters. The number of aliphatic hydroxyl groups excluding tert-OH is 1. The van der Waals surface area contributed by atoms with Crippen LogP contribution < -0.4 is 5.32 Å². The number of H-pyrrole nitrogens is 1. The first-order valence-electron chi connectivity index (χ1n) is 8.06. The predicted octanol–water partition coefficient (Wildman–Crippen LogP) is 2.03. The second kappa shape index (κ2) is 5.66. The molecule has 1 aliphatic carbocycles. The summed E-state index contributed by atoms with van der Waals surface area (Å²) in [5, 5.41) is 16.1. The van der Waals surface area contributed by atoms with Gasteiger partial charge in [-0.1, -0.05) is 13.0 Å². The number of aliphatic hydroxyl groups is 1.